The zero-order chi connectivity index (χ0) is 29.9. The fourth-order valence-corrected chi connectivity index (χ4v) is 4.47. The molecule has 0 aliphatic rings. The molecule has 218 valence electrons. The number of fused-ring (bicyclic) bond motifs is 1. The molecule has 3 rings (SSSR count). The van der Waals surface area contributed by atoms with Crippen LogP contribution in [0.4, 0.5) is 0 Å². The summed E-state index contributed by atoms with van der Waals surface area (Å²) in [6.07, 6.45) is 1.72. The summed E-state index contributed by atoms with van der Waals surface area (Å²) < 4.78 is 0. The predicted octanol–water partition coefficient (Wildman–Crippen LogP) is 0.0147. The van der Waals surface area contributed by atoms with E-state index in [0.717, 1.165) is 22.0 Å². The van der Waals surface area contributed by atoms with Crippen molar-refractivity contribution < 1.29 is 29.1 Å². The SMILES string of the molecule is NC(=O)CCC(N)C(=O)NC(Cc1c[nH]c2ccccc12)C(=O)NC(Cc1ccccc1)C(=O)NC(CS)C(=O)O. The predicted molar refractivity (Wildman–Crippen MR) is 156 cm³/mol. The van der Waals surface area contributed by atoms with Gasteiger partial charge in [-0.2, -0.15) is 12.6 Å². The second-order valence-electron chi connectivity index (χ2n) is 9.57. The maximum absolute atomic E-state index is 13.7. The smallest absolute Gasteiger partial charge is 0.327 e. The number of benzene rings is 2. The van der Waals surface area contributed by atoms with Gasteiger partial charge in [-0.25, -0.2) is 4.79 Å². The van der Waals surface area contributed by atoms with Crippen LogP contribution in [0.1, 0.15) is 24.0 Å². The molecule has 0 aliphatic heterocycles. The number of aromatic amines is 1. The highest BCUT2D eigenvalue weighted by atomic mass is 32.1. The van der Waals surface area contributed by atoms with Crippen molar-refractivity contribution in [1.82, 2.24) is 20.9 Å². The molecule has 0 radical (unpaired) electrons. The number of hydrogen-bond donors (Lipinski definition) is 8. The monoisotopic (exact) mass is 582 g/mol. The molecule has 4 unspecified atom stereocenters. The van der Waals surface area contributed by atoms with Gasteiger partial charge >= 0.3 is 5.97 Å². The van der Waals surface area contributed by atoms with E-state index in [1.165, 1.54) is 0 Å². The fraction of sp³-hybridized carbons (Fsp3) is 0.321. The van der Waals surface area contributed by atoms with E-state index in [1.807, 2.05) is 24.3 Å². The molecule has 4 atom stereocenters. The number of H-pyrrole nitrogens is 1. The third-order valence-electron chi connectivity index (χ3n) is 6.48. The first-order chi connectivity index (χ1) is 19.6. The number of carbonyl (C=O) groups excluding carboxylic acids is 4. The van der Waals surface area contributed by atoms with Crippen LogP contribution in [0, 0.1) is 0 Å². The fourth-order valence-electron chi connectivity index (χ4n) is 4.23. The molecular formula is C28H34N6O6S. The van der Waals surface area contributed by atoms with E-state index < -0.39 is 53.8 Å². The average Bonchev–Trinajstić information content (AvgIpc) is 3.36. The molecule has 41 heavy (non-hydrogen) atoms. The summed E-state index contributed by atoms with van der Waals surface area (Å²) in [5.74, 6) is -4.12. The van der Waals surface area contributed by atoms with E-state index in [4.69, 9.17) is 11.5 Å². The molecular weight excluding hydrogens is 548 g/mol. The van der Waals surface area contributed by atoms with E-state index in [0.29, 0.717) is 0 Å². The lowest BCUT2D eigenvalue weighted by Gasteiger charge is -2.25. The van der Waals surface area contributed by atoms with Gasteiger partial charge < -0.3 is 37.5 Å². The summed E-state index contributed by atoms with van der Waals surface area (Å²) >= 11 is 3.99. The van der Waals surface area contributed by atoms with Gasteiger partial charge in [0.2, 0.25) is 23.6 Å². The molecule has 0 bridgehead atoms. The second kappa shape index (κ2) is 14.9. The Bertz CT molecular complexity index is 1380. The molecule has 3 aromatic rings. The summed E-state index contributed by atoms with van der Waals surface area (Å²) in [5, 5.41) is 17.9. The zero-order valence-electron chi connectivity index (χ0n) is 22.2. The average molecular weight is 583 g/mol. The molecule has 4 amide bonds. The zero-order valence-corrected chi connectivity index (χ0v) is 23.1. The third kappa shape index (κ3) is 9.08. The summed E-state index contributed by atoms with van der Waals surface area (Å²) in [6.45, 7) is 0. The molecule has 9 N–H and O–H groups in total. The lowest BCUT2D eigenvalue weighted by molar-refractivity contribution is -0.141. The van der Waals surface area contributed by atoms with Crippen molar-refractivity contribution in [3.8, 4) is 0 Å². The normalized spacial score (nSPS) is 13.9. The van der Waals surface area contributed by atoms with Gasteiger partial charge in [0.1, 0.15) is 18.1 Å². The molecule has 0 saturated carbocycles. The van der Waals surface area contributed by atoms with E-state index >= 15 is 0 Å². The van der Waals surface area contributed by atoms with Gasteiger partial charge in [-0.1, -0.05) is 48.5 Å². The van der Waals surface area contributed by atoms with Gasteiger partial charge in [0.05, 0.1) is 6.04 Å². The van der Waals surface area contributed by atoms with Crippen LogP contribution >= 0.6 is 12.6 Å². The Kier molecular flexibility index (Phi) is 11.3. The van der Waals surface area contributed by atoms with Crippen molar-refractivity contribution in [2.45, 2.75) is 49.9 Å². The number of rotatable bonds is 15. The van der Waals surface area contributed by atoms with E-state index in [9.17, 15) is 29.1 Å². The number of para-hydroxylation sites is 1. The number of amides is 4. The first-order valence-electron chi connectivity index (χ1n) is 13.0. The Hall–Kier alpha value is -4.36. The molecule has 12 nitrogen and oxygen atoms in total. The Morgan fingerprint density at radius 3 is 2.05 bits per heavy atom. The summed E-state index contributed by atoms with van der Waals surface area (Å²) in [5.41, 5.74) is 13.4. The number of carboxylic acid groups (broad SMARTS) is 1. The Morgan fingerprint density at radius 2 is 1.41 bits per heavy atom. The van der Waals surface area contributed by atoms with Gasteiger partial charge in [0, 0.05) is 42.1 Å². The van der Waals surface area contributed by atoms with Crippen molar-refractivity contribution in [3.63, 3.8) is 0 Å². The molecule has 0 fully saturated rings. The molecule has 1 aromatic heterocycles. The highest BCUT2D eigenvalue weighted by Gasteiger charge is 2.31. The Labute approximate surface area is 242 Å². The van der Waals surface area contributed by atoms with Crippen molar-refractivity contribution >= 4 is 53.1 Å². The molecule has 13 heteroatoms. The lowest BCUT2D eigenvalue weighted by atomic mass is 10.0. The van der Waals surface area contributed by atoms with Gasteiger partial charge in [-0.3, -0.25) is 19.2 Å². The largest absolute Gasteiger partial charge is 0.480 e. The number of hydrogen-bond acceptors (Lipinski definition) is 7. The summed E-state index contributed by atoms with van der Waals surface area (Å²) in [6, 6.07) is 11.6. The lowest BCUT2D eigenvalue weighted by Crippen LogP contribution is -2.58. The molecule has 0 saturated heterocycles. The van der Waals surface area contributed by atoms with Crippen molar-refractivity contribution in [3.05, 3.63) is 71.9 Å². The number of carboxylic acids is 1. The van der Waals surface area contributed by atoms with Gasteiger partial charge in [-0.15, -0.1) is 0 Å². The Balaban J connectivity index is 1.87. The number of thiol groups is 1. The van der Waals surface area contributed by atoms with Gasteiger partial charge in [-0.05, 0) is 23.6 Å². The van der Waals surface area contributed by atoms with Crippen molar-refractivity contribution in [2.75, 3.05) is 5.75 Å². The number of nitrogens with one attached hydrogen (secondary N) is 4. The van der Waals surface area contributed by atoms with Crippen LogP contribution in [0.3, 0.4) is 0 Å². The summed E-state index contributed by atoms with van der Waals surface area (Å²) in [4.78, 5) is 65.5. The van der Waals surface area contributed by atoms with Gasteiger partial charge in [0.25, 0.3) is 0 Å². The highest BCUT2D eigenvalue weighted by Crippen LogP contribution is 2.19. The molecule has 2 aromatic carbocycles. The van der Waals surface area contributed by atoms with Gasteiger partial charge in [0.15, 0.2) is 0 Å². The number of aliphatic carboxylic acids is 1. The number of primary amides is 1. The van der Waals surface area contributed by atoms with Crippen molar-refractivity contribution in [1.29, 1.82) is 0 Å². The van der Waals surface area contributed by atoms with Crippen LogP contribution in [0.2, 0.25) is 0 Å². The third-order valence-corrected chi connectivity index (χ3v) is 6.85. The first-order valence-corrected chi connectivity index (χ1v) is 13.6. The molecule has 0 spiro atoms. The maximum atomic E-state index is 13.7. The standard InChI is InChI=1S/C28H34N6O6S/c29-19(10-11-24(30)35)25(36)32-22(13-17-14-31-20-9-5-4-8-18(17)20)27(38)33-21(12-16-6-2-1-3-7-16)26(37)34-23(15-41)28(39)40/h1-9,14,19,21-23,31,41H,10-13,15,29H2,(H2,30,35)(H,32,36)(H,33,38)(H,34,37)(H,39,40). The number of carbonyl (C=O) groups is 5. The topological polar surface area (TPSA) is 209 Å². The highest BCUT2D eigenvalue weighted by molar-refractivity contribution is 7.80. The van der Waals surface area contributed by atoms with Crippen LogP contribution in [0.25, 0.3) is 10.9 Å². The van der Waals surface area contributed by atoms with E-state index in [2.05, 4.69) is 33.6 Å². The molecule has 1 heterocycles. The van der Waals surface area contributed by atoms with Crippen LogP contribution in [-0.2, 0) is 36.8 Å². The quantitative estimate of drug-likeness (QED) is 0.115. The minimum atomic E-state index is -1.27. The second-order valence-corrected chi connectivity index (χ2v) is 9.93. The van der Waals surface area contributed by atoms with Crippen molar-refractivity contribution in [2.24, 2.45) is 11.5 Å². The van der Waals surface area contributed by atoms with E-state index in [-0.39, 0.29) is 31.4 Å². The van der Waals surface area contributed by atoms with Crippen LogP contribution in [0.5, 0.6) is 0 Å². The van der Waals surface area contributed by atoms with Crippen LogP contribution in [-0.4, -0.2) is 69.6 Å². The minimum absolute atomic E-state index is 0.0120. The number of aromatic nitrogens is 1. The number of nitrogens with two attached hydrogens (primary N) is 2. The Morgan fingerprint density at radius 1 is 0.829 bits per heavy atom. The van der Waals surface area contributed by atoms with Crippen LogP contribution < -0.4 is 27.4 Å². The molecule has 0 aliphatic carbocycles. The van der Waals surface area contributed by atoms with Crippen LogP contribution in [0.15, 0.2) is 60.8 Å². The minimum Gasteiger partial charge on any atom is -0.480 e. The maximum Gasteiger partial charge on any atom is 0.327 e. The summed E-state index contributed by atoms with van der Waals surface area (Å²) in [7, 11) is 0. The van der Waals surface area contributed by atoms with E-state index in [1.54, 1.807) is 36.5 Å². The first kappa shape index (κ1) is 31.2.